The van der Waals surface area contributed by atoms with Crippen LogP contribution in [0.3, 0.4) is 0 Å². The smallest absolute Gasteiger partial charge is 0.407 e. The van der Waals surface area contributed by atoms with Crippen LogP contribution in [0, 0.1) is 0 Å². The van der Waals surface area contributed by atoms with Crippen molar-refractivity contribution in [3.8, 4) is 11.3 Å². The summed E-state index contributed by atoms with van der Waals surface area (Å²) in [7, 11) is 1.95. The number of nitrogens with zero attached hydrogens (tertiary/aromatic N) is 3. The third kappa shape index (κ3) is 3.98. The molecule has 0 unspecified atom stereocenters. The predicted octanol–water partition coefficient (Wildman–Crippen LogP) is 0.823. The third-order valence-corrected chi connectivity index (χ3v) is 4.86. The number of cyclic esters (lactones) is 1. The second-order valence-corrected chi connectivity index (χ2v) is 6.49. The summed E-state index contributed by atoms with van der Waals surface area (Å²) in [6, 6.07) is 9.55. The number of fused-ring (bicyclic) bond motifs is 1. The van der Waals surface area contributed by atoms with Gasteiger partial charge in [0.25, 0.3) is 6.47 Å². The average Bonchev–Trinajstić information content (AvgIpc) is 3.18. The van der Waals surface area contributed by atoms with E-state index in [0.717, 1.165) is 24.1 Å². The van der Waals surface area contributed by atoms with E-state index in [9.17, 15) is 9.59 Å². The molecule has 2 aliphatic rings. The standard InChI is InChI=1S/C18H20N4O3.CH2O2/c1-21-15-8-10-22(17(23)14-11-25-18(24)19-14)9-7-13(15)16(20-21)12-5-3-2-4-6-12;2-1-3/h2-6,14H,7-11H2,1H3,(H,19,24);1H,(H,2,3)/t14-;/m0./s1. The average molecular weight is 386 g/mol. The van der Waals surface area contributed by atoms with Crippen molar-refractivity contribution < 1.29 is 24.2 Å². The largest absolute Gasteiger partial charge is 0.483 e. The molecule has 148 valence electrons. The minimum Gasteiger partial charge on any atom is -0.483 e. The van der Waals surface area contributed by atoms with Crippen LogP contribution in [0.15, 0.2) is 30.3 Å². The summed E-state index contributed by atoms with van der Waals surface area (Å²) in [5, 5.41) is 14.2. The van der Waals surface area contributed by atoms with E-state index in [1.165, 1.54) is 11.3 Å². The first-order valence-corrected chi connectivity index (χ1v) is 8.95. The fraction of sp³-hybridized carbons (Fsp3) is 0.368. The molecule has 4 rings (SSSR count). The summed E-state index contributed by atoms with van der Waals surface area (Å²) in [5.74, 6) is -0.0760. The lowest BCUT2D eigenvalue weighted by Crippen LogP contribution is -2.46. The van der Waals surface area contributed by atoms with Gasteiger partial charge in [0.05, 0.1) is 5.69 Å². The number of benzene rings is 1. The van der Waals surface area contributed by atoms with Crippen molar-refractivity contribution in [3.05, 3.63) is 41.6 Å². The molecule has 2 amide bonds. The van der Waals surface area contributed by atoms with E-state index in [-0.39, 0.29) is 19.0 Å². The zero-order valence-corrected chi connectivity index (χ0v) is 15.5. The van der Waals surface area contributed by atoms with Gasteiger partial charge in [0.2, 0.25) is 5.91 Å². The maximum atomic E-state index is 12.6. The molecule has 28 heavy (non-hydrogen) atoms. The van der Waals surface area contributed by atoms with Crippen LogP contribution in [0.25, 0.3) is 11.3 Å². The van der Waals surface area contributed by atoms with Crippen LogP contribution in [0.1, 0.15) is 11.3 Å². The van der Waals surface area contributed by atoms with Crippen molar-refractivity contribution in [1.29, 1.82) is 0 Å². The Morgan fingerprint density at radius 1 is 1.29 bits per heavy atom. The highest BCUT2D eigenvalue weighted by atomic mass is 16.6. The Labute approximate surface area is 161 Å². The first kappa shape index (κ1) is 19.4. The number of rotatable bonds is 2. The van der Waals surface area contributed by atoms with Crippen LogP contribution in [0.5, 0.6) is 0 Å². The van der Waals surface area contributed by atoms with Crippen LogP contribution in [0.2, 0.25) is 0 Å². The zero-order chi connectivity index (χ0) is 20.1. The number of hydrogen-bond acceptors (Lipinski definition) is 5. The molecule has 1 aromatic carbocycles. The number of alkyl carbamates (subject to hydrolysis) is 1. The van der Waals surface area contributed by atoms with E-state index >= 15 is 0 Å². The summed E-state index contributed by atoms with van der Waals surface area (Å²) in [6.45, 7) is 1.09. The fourth-order valence-electron chi connectivity index (χ4n) is 3.56. The van der Waals surface area contributed by atoms with E-state index < -0.39 is 12.1 Å². The SMILES string of the molecule is Cn1nc(-c2ccccc2)c2c1CCN(C(=O)[C@@H]1COC(=O)N1)CC2.O=CO. The number of ether oxygens (including phenoxy) is 1. The molecule has 9 heteroatoms. The number of hydrogen-bond donors (Lipinski definition) is 2. The molecule has 2 aliphatic heterocycles. The van der Waals surface area contributed by atoms with Gasteiger partial charge in [-0.15, -0.1) is 0 Å². The van der Waals surface area contributed by atoms with Crippen molar-refractivity contribution in [2.45, 2.75) is 18.9 Å². The van der Waals surface area contributed by atoms with Crippen LogP contribution < -0.4 is 5.32 Å². The number of carbonyl (C=O) groups is 3. The summed E-state index contributed by atoms with van der Waals surface area (Å²) in [5.41, 5.74) is 4.46. The molecular weight excluding hydrogens is 364 g/mol. The fourth-order valence-corrected chi connectivity index (χ4v) is 3.56. The van der Waals surface area contributed by atoms with Gasteiger partial charge in [-0.25, -0.2) is 4.79 Å². The van der Waals surface area contributed by atoms with Crippen molar-refractivity contribution >= 4 is 18.5 Å². The molecule has 0 saturated carbocycles. The molecule has 1 fully saturated rings. The Bertz CT molecular complexity index is 865. The van der Waals surface area contributed by atoms with E-state index in [1.54, 1.807) is 0 Å². The van der Waals surface area contributed by atoms with E-state index in [4.69, 9.17) is 19.7 Å². The molecular formula is C19H22N4O5. The maximum absolute atomic E-state index is 12.6. The molecule has 1 atom stereocenters. The Morgan fingerprint density at radius 2 is 1.96 bits per heavy atom. The third-order valence-electron chi connectivity index (χ3n) is 4.86. The second-order valence-electron chi connectivity index (χ2n) is 6.49. The van der Waals surface area contributed by atoms with Gasteiger partial charge in [-0.05, 0) is 6.42 Å². The van der Waals surface area contributed by atoms with Gasteiger partial charge in [-0.2, -0.15) is 5.10 Å². The summed E-state index contributed by atoms with van der Waals surface area (Å²) >= 11 is 0. The Kier molecular flexibility index (Phi) is 5.93. The number of aromatic nitrogens is 2. The first-order valence-electron chi connectivity index (χ1n) is 8.95. The van der Waals surface area contributed by atoms with Gasteiger partial charge in [0.1, 0.15) is 12.6 Å². The van der Waals surface area contributed by atoms with E-state index in [2.05, 4.69) is 17.4 Å². The highest BCUT2D eigenvalue weighted by molar-refractivity contribution is 5.88. The predicted molar refractivity (Wildman–Crippen MR) is 99.6 cm³/mol. The Hall–Kier alpha value is -3.36. The lowest BCUT2D eigenvalue weighted by molar-refractivity contribution is -0.133. The van der Waals surface area contributed by atoms with Crippen LogP contribution in [-0.2, 0) is 34.2 Å². The van der Waals surface area contributed by atoms with Crippen LogP contribution >= 0.6 is 0 Å². The Balaban J connectivity index is 0.000000706. The molecule has 0 spiro atoms. The molecule has 9 nitrogen and oxygen atoms in total. The van der Waals surface area contributed by atoms with Crippen molar-refractivity contribution in [3.63, 3.8) is 0 Å². The van der Waals surface area contributed by atoms with Crippen molar-refractivity contribution in [1.82, 2.24) is 20.0 Å². The summed E-state index contributed by atoms with van der Waals surface area (Å²) in [4.78, 5) is 34.0. The molecule has 2 aromatic rings. The van der Waals surface area contributed by atoms with Gasteiger partial charge in [-0.3, -0.25) is 14.3 Å². The van der Waals surface area contributed by atoms with Crippen molar-refractivity contribution in [2.75, 3.05) is 19.7 Å². The lowest BCUT2D eigenvalue weighted by atomic mass is 10.0. The molecule has 1 aromatic heterocycles. The zero-order valence-electron chi connectivity index (χ0n) is 15.5. The number of carbonyl (C=O) groups excluding carboxylic acids is 2. The summed E-state index contributed by atoms with van der Waals surface area (Å²) < 4.78 is 6.76. The van der Waals surface area contributed by atoms with Gasteiger partial charge in [0.15, 0.2) is 0 Å². The quantitative estimate of drug-likeness (QED) is 0.739. The molecule has 2 N–H and O–H groups in total. The molecule has 3 heterocycles. The summed E-state index contributed by atoms with van der Waals surface area (Å²) in [6.07, 6.45) is 0.978. The van der Waals surface area contributed by atoms with Crippen molar-refractivity contribution in [2.24, 2.45) is 7.05 Å². The Morgan fingerprint density at radius 3 is 2.61 bits per heavy atom. The number of nitrogens with one attached hydrogen (secondary N) is 1. The van der Waals surface area contributed by atoms with Gasteiger partial charge in [-0.1, -0.05) is 30.3 Å². The van der Waals surface area contributed by atoms with Gasteiger partial charge >= 0.3 is 6.09 Å². The van der Waals surface area contributed by atoms with Gasteiger partial charge < -0.3 is 20.1 Å². The minimum atomic E-state index is -0.569. The topological polar surface area (TPSA) is 114 Å². The molecule has 0 aliphatic carbocycles. The highest BCUT2D eigenvalue weighted by Crippen LogP contribution is 2.28. The number of aryl methyl sites for hydroxylation is 1. The normalized spacial score (nSPS) is 18.1. The lowest BCUT2D eigenvalue weighted by Gasteiger charge is -2.22. The van der Waals surface area contributed by atoms with E-state index in [1.807, 2.05) is 34.8 Å². The molecule has 0 radical (unpaired) electrons. The van der Waals surface area contributed by atoms with Gasteiger partial charge in [0, 0.05) is 43.4 Å². The second kappa shape index (κ2) is 8.55. The van der Waals surface area contributed by atoms with E-state index in [0.29, 0.717) is 13.1 Å². The highest BCUT2D eigenvalue weighted by Gasteiger charge is 2.33. The maximum Gasteiger partial charge on any atom is 0.407 e. The first-order chi connectivity index (χ1) is 13.5. The molecule has 1 saturated heterocycles. The molecule has 0 bridgehead atoms. The van der Waals surface area contributed by atoms with Crippen LogP contribution in [0.4, 0.5) is 4.79 Å². The number of amides is 2. The minimum absolute atomic E-state index is 0.0760. The monoisotopic (exact) mass is 386 g/mol. The van der Waals surface area contributed by atoms with Crippen LogP contribution in [-0.4, -0.2) is 64.0 Å². The number of carboxylic acid groups (broad SMARTS) is 1.